The van der Waals surface area contributed by atoms with Gasteiger partial charge >= 0.3 is 0 Å². The van der Waals surface area contributed by atoms with Gasteiger partial charge in [-0.1, -0.05) is 23.7 Å². The minimum atomic E-state index is -0.275. The summed E-state index contributed by atoms with van der Waals surface area (Å²) in [6.07, 6.45) is 6.28. The van der Waals surface area contributed by atoms with E-state index in [1.54, 1.807) is 36.7 Å². The van der Waals surface area contributed by atoms with Crippen molar-refractivity contribution in [3.8, 4) is 11.1 Å². The Balaban J connectivity index is 1.46. The third-order valence-corrected chi connectivity index (χ3v) is 3.95. The zero-order valence-corrected chi connectivity index (χ0v) is 15.0. The van der Waals surface area contributed by atoms with Gasteiger partial charge in [0, 0.05) is 42.8 Å². The summed E-state index contributed by atoms with van der Waals surface area (Å²) in [5.41, 5.74) is 2.75. The van der Waals surface area contributed by atoms with Crippen molar-refractivity contribution in [2.45, 2.75) is 0 Å². The lowest BCUT2D eigenvalue weighted by atomic mass is 10.1. The highest BCUT2D eigenvalue weighted by molar-refractivity contribution is 6.29. The average molecular weight is 382 g/mol. The fourth-order valence-electron chi connectivity index (χ4n) is 2.33. The fourth-order valence-corrected chi connectivity index (χ4v) is 2.44. The molecule has 0 unspecified atom stereocenters. The predicted molar refractivity (Wildman–Crippen MR) is 101 cm³/mol. The van der Waals surface area contributed by atoms with Crippen molar-refractivity contribution in [3.63, 3.8) is 0 Å². The molecule has 2 amide bonds. The van der Waals surface area contributed by atoms with E-state index in [4.69, 9.17) is 11.6 Å². The van der Waals surface area contributed by atoms with Gasteiger partial charge < -0.3 is 10.6 Å². The Labute approximate surface area is 160 Å². The molecule has 0 bridgehead atoms. The molecular formula is C19H16ClN5O2. The van der Waals surface area contributed by atoms with Crippen LogP contribution in [-0.4, -0.2) is 39.9 Å². The van der Waals surface area contributed by atoms with Gasteiger partial charge in [0.05, 0.1) is 5.56 Å². The first-order chi connectivity index (χ1) is 13.1. The van der Waals surface area contributed by atoms with E-state index in [0.29, 0.717) is 29.4 Å². The minimum Gasteiger partial charge on any atom is -0.350 e. The summed E-state index contributed by atoms with van der Waals surface area (Å²) >= 11 is 5.68. The third-order valence-electron chi connectivity index (χ3n) is 3.73. The zero-order valence-electron chi connectivity index (χ0n) is 14.2. The summed E-state index contributed by atoms with van der Waals surface area (Å²) in [4.78, 5) is 35.9. The van der Waals surface area contributed by atoms with Crippen LogP contribution in [0.4, 0.5) is 0 Å². The van der Waals surface area contributed by atoms with Crippen LogP contribution < -0.4 is 10.6 Å². The lowest BCUT2D eigenvalue weighted by Gasteiger charge is -2.08. The van der Waals surface area contributed by atoms with Crippen molar-refractivity contribution >= 4 is 23.4 Å². The van der Waals surface area contributed by atoms with E-state index in [0.717, 1.165) is 11.1 Å². The maximum Gasteiger partial charge on any atom is 0.252 e. The molecule has 0 fully saturated rings. The molecule has 0 saturated heterocycles. The number of halogens is 1. The minimum absolute atomic E-state index is 0.215. The highest BCUT2D eigenvalue weighted by Crippen LogP contribution is 2.17. The van der Waals surface area contributed by atoms with Crippen LogP contribution in [0.15, 0.2) is 61.3 Å². The second-order valence-electron chi connectivity index (χ2n) is 5.59. The van der Waals surface area contributed by atoms with Gasteiger partial charge in [0.25, 0.3) is 11.8 Å². The maximum atomic E-state index is 12.2. The van der Waals surface area contributed by atoms with Gasteiger partial charge in [0.2, 0.25) is 0 Å². The molecule has 0 spiro atoms. The molecule has 0 aliphatic heterocycles. The highest BCUT2D eigenvalue weighted by Gasteiger charge is 2.08. The first-order valence-corrected chi connectivity index (χ1v) is 8.54. The molecule has 0 radical (unpaired) electrons. The molecule has 1 aromatic carbocycles. The summed E-state index contributed by atoms with van der Waals surface area (Å²) in [6.45, 7) is 0.604. The third kappa shape index (κ3) is 5.08. The smallest absolute Gasteiger partial charge is 0.252 e. The molecule has 2 aromatic heterocycles. The summed E-state index contributed by atoms with van der Waals surface area (Å²) < 4.78 is 0. The first kappa shape index (κ1) is 18.5. The molecule has 2 N–H and O–H groups in total. The molecular weight excluding hydrogens is 366 g/mol. The van der Waals surface area contributed by atoms with Gasteiger partial charge in [-0.05, 0) is 29.8 Å². The van der Waals surface area contributed by atoms with E-state index in [1.807, 2.05) is 12.1 Å². The van der Waals surface area contributed by atoms with Crippen LogP contribution >= 0.6 is 11.6 Å². The first-order valence-electron chi connectivity index (χ1n) is 8.17. The lowest BCUT2D eigenvalue weighted by molar-refractivity contribution is 0.0927. The summed E-state index contributed by atoms with van der Waals surface area (Å²) in [5, 5.41) is 5.79. The van der Waals surface area contributed by atoms with Crippen molar-refractivity contribution in [3.05, 3.63) is 77.6 Å². The molecule has 3 aromatic rings. The molecule has 136 valence electrons. The van der Waals surface area contributed by atoms with Crippen molar-refractivity contribution in [2.24, 2.45) is 0 Å². The van der Waals surface area contributed by atoms with Crippen LogP contribution in [0.2, 0.25) is 5.15 Å². The summed E-state index contributed by atoms with van der Waals surface area (Å²) in [6, 6.07) is 10.3. The number of amides is 2. The molecule has 2 heterocycles. The normalized spacial score (nSPS) is 10.3. The number of nitrogens with one attached hydrogen (secondary N) is 2. The Morgan fingerprint density at radius 3 is 1.96 bits per heavy atom. The molecule has 0 aliphatic carbocycles. The number of benzene rings is 1. The molecule has 7 nitrogen and oxygen atoms in total. The van der Waals surface area contributed by atoms with E-state index in [1.165, 1.54) is 12.5 Å². The van der Waals surface area contributed by atoms with Crippen LogP contribution in [0.3, 0.4) is 0 Å². The average Bonchev–Trinajstić information content (AvgIpc) is 2.72. The topological polar surface area (TPSA) is 96.9 Å². The molecule has 0 saturated carbocycles. The van der Waals surface area contributed by atoms with Crippen LogP contribution in [-0.2, 0) is 0 Å². The monoisotopic (exact) mass is 381 g/mol. The quantitative estimate of drug-likeness (QED) is 0.504. The molecule has 8 heteroatoms. The lowest BCUT2D eigenvalue weighted by Crippen LogP contribution is -2.34. The summed E-state index contributed by atoms with van der Waals surface area (Å²) in [7, 11) is 0. The van der Waals surface area contributed by atoms with Gasteiger partial charge in [-0.3, -0.25) is 9.59 Å². The predicted octanol–water partition coefficient (Wildman–Crippen LogP) is 2.35. The Bertz CT molecular complexity index is 915. The van der Waals surface area contributed by atoms with Gasteiger partial charge in [-0.2, -0.15) is 0 Å². The van der Waals surface area contributed by atoms with E-state index in [9.17, 15) is 9.59 Å². The maximum absolute atomic E-state index is 12.2. The SMILES string of the molecule is O=C(NCCNC(=O)c1ccc(Cl)nc1)c1ccc(-c2cncnc2)cc1. The number of pyridine rings is 1. The number of aromatic nitrogens is 3. The number of hydrogen-bond donors (Lipinski definition) is 2. The molecule has 0 atom stereocenters. The van der Waals surface area contributed by atoms with Gasteiger partial charge in [-0.25, -0.2) is 15.0 Å². The van der Waals surface area contributed by atoms with Crippen molar-refractivity contribution in [2.75, 3.05) is 13.1 Å². The van der Waals surface area contributed by atoms with E-state index in [-0.39, 0.29) is 11.8 Å². The zero-order chi connectivity index (χ0) is 19.1. The fraction of sp³-hybridized carbons (Fsp3) is 0.105. The van der Waals surface area contributed by atoms with Gasteiger partial charge in [-0.15, -0.1) is 0 Å². The Kier molecular flexibility index (Phi) is 6.06. The van der Waals surface area contributed by atoms with E-state index in [2.05, 4.69) is 25.6 Å². The van der Waals surface area contributed by atoms with Crippen LogP contribution in [0.25, 0.3) is 11.1 Å². The Morgan fingerprint density at radius 2 is 1.37 bits per heavy atom. The van der Waals surface area contributed by atoms with Crippen LogP contribution in [0.1, 0.15) is 20.7 Å². The Morgan fingerprint density at radius 1 is 0.778 bits per heavy atom. The second kappa shape index (κ2) is 8.86. The number of carbonyl (C=O) groups is 2. The van der Waals surface area contributed by atoms with Gasteiger partial charge in [0.15, 0.2) is 0 Å². The summed E-state index contributed by atoms with van der Waals surface area (Å²) in [5.74, 6) is -0.490. The largest absolute Gasteiger partial charge is 0.350 e. The van der Waals surface area contributed by atoms with Crippen molar-refractivity contribution in [1.29, 1.82) is 0 Å². The van der Waals surface area contributed by atoms with Crippen molar-refractivity contribution in [1.82, 2.24) is 25.6 Å². The van der Waals surface area contributed by atoms with Crippen LogP contribution in [0.5, 0.6) is 0 Å². The highest BCUT2D eigenvalue weighted by atomic mass is 35.5. The van der Waals surface area contributed by atoms with E-state index >= 15 is 0 Å². The standard InChI is InChI=1S/C19H16ClN5O2/c20-17-6-5-15(11-25-17)19(27)24-8-7-23-18(26)14-3-1-13(2-4-14)16-9-21-12-22-10-16/h1-6,9-12H,7-8H2,(H,23,26)(H,24,27). The number of carbonyl (C=O) groups excluding carboxylic acids is 2. The Hall–Kier alpha value is -3.32. The molecule has 3 rings (SSSR count). The molecule has 0 aliphatic rings. The number of nitrogens with zero attached hydrogens (tertiary/aromatic N) is 3. The number of rotatable bonds is 6. The van der Waals surface area contributed by atoms with Gasteiger partial charge in [0.1, 0.15) is 11.5 Å². The number of hydrogen-bond acceptors (Lipinski definition) is 5. The second-order valence-corrected chi connectivity index (χ2v) is 5.97. The van der Waals surface area contributed by atoms with Crippen molar-refractivity contribution < 1.29 is 9.59 Å². The van der Waals surface area contributed by atoms with Crippen LogP contribution in [0, 0.1) is 0 Å². The van der Waals surface area contributed by atoms with E-state index < -0.39 is 0 Å². The molecule has 27 heavy (non-hydrogen) atoms.